The second kappa shape index (κ2) is 18.0. The molecule has 5 aromatic carbocycles. The third-order valence-corrected chi connectivity index (χ3v) is 5.97. The first-order chi connectivity index (χ1) is 19.4. The molecule has 5 rings (SSSR count). The van der Waals surface area contributed by atoms with Gasteiger partial charge in [-0.1, -0.05) is 38.5 Å². The number of hydrogen-bond donors (Lipinski definition) is 0. The Morgan fingerprint density at radius 2 is 0.854 bits per heavy atom. The second-order valence-corrected chi connectivity index (χ2v) is 9.07. The van der Waals surface area contributed by atoms with Crippen LogP contribution in [0.5, 0.6) is 34.5 Å². The molecule has 0 unspecified atom stereocenters. The number of ether oxygens (including phenoxy) is 4. The Labute approximate surface area is 270 Å². The molecular formula is C36H36O4Y-2. The van der Waals surface area contributed by atoms with Crippen LogP contribution in [0.4, 0.5) is 0 Å². The summed E-state index contributed by atoms with van der Waals surface area (Å²) in [5.41, 5.74) is 4.98. The molecule has 0 saturated heterocycles. The fourth-order valence-electron chi connectivity index (χ4n) is 3.36. The van der Waals surface area contributed by atoms with Crippen LogP contribution in [0, 0.1) is 39.8 Å². The number of benzene rings is 5. The number of rotatable bonds is 6. The Kier molecular flexibility index (Phi) is 14.7. The van der Waals surface area contributed by atoms with E-state index in [1.165, 1.54) is 16.7 Å². The summed E-state index contributed by atoms with van der Waals surface area (Å²) in [5.74, 6) is 4.93. The summed E-state index contributed by atoms with van der Waals surface area (Å²) in [5, 5.41) is 0. The van der Waals surface area contributed by atoms with Gasteiger partial charge in [0.15, 0.2) is 0 Å². The summed E-state index contributed by atoms with van der Waals surface area (Å²) in [7, 11) is 3.28. The van der Waals surface area contributed by atoms with Crippen LogP contribution in [-0.4, -0.2) is 14.2 Å². The predicted octanol–water partition coefficient (Wildman–Crippen LogP) is 9.49. The van der Waals surface area contributed by atoms with E-state index in [1.807, 2.05) is 110 Å². The summed E-state index contributed by atoms with van der Waals surface area (Å²) in [4.78, 5) is 0. The first-order valence-electron chi connectivity index (χ1n) is 13.0. The summed E-state index contributed by atoms with van der Waals surface area (Å²) in [6.45, 7) is 8.27. The zero-order chi connectivity index (χ0) is 28.7. The quantitative estimate of drug-likeness (QED) is 0.177. The van der Waals surface area contributed by atoms with Crippen LogP contribution < -0.4 is 18.9 Å². The molecule has 0 aliphatic rings. The minimum absolute atomic E-state index is 0. The molecule has 209 valence electrons. The van der Waals surface area contributed by atoms with Crippen LogP contribution in [-0.2, 0) is 32.7 Å². The molecule has 0 aliphatic carbocycles. The standard InChI is InChI=1S/C14H14O3.C14H13O.C8H9.Y/c1-15-11-3-7-13(8-4-11)17-14-9-5-12(16-2)6-10-14;1-11-7-9-13(10-8-11)15-14-6-4-3-5-12(14)2;1-7-5-3-4-6-8(7)2;/h3-10H,1-2H3;4-10H,1-2H3;3,5-6H,1-2H3;/q;2*-1;. The molecule has 0 amide bonds. The zero-order valence-corrected chi connectivity index (χ0v) is 27.4. The van der Waals surface area contributed by atoms with Gasteiger partial charge in [0.2, 0.25) is 0 Å². The van der Waals surface area contributed by atoms with Crippen LogP contribution in [0.2, 0.25) is 0 Å². The molecule has 0 saturated carbocycles. The van der Waals surface area contributed by atoms with E-state index in [1.54, 1.807) is 14.2 Å². The molecule has 0 aliphatic heterocycles. The molecule has 4 nitrogen and oxygen atoms in total. The van der Waals surface area contributed by atoms with E-state index in [0.717, 1.165) is 40.1 Å². The van der Waals surface area contributed by atoms with Gasteiger partial charge < -0.3 is 18.9 Å². The van der Waals surface area contributed by atoms with Gasteiger partial charge in [-0.25, -0.2) is 0 Å². The molecule has 5 heteroatoms. The van der Waals surface area contributed by atoms with Crippen molar-refractivity contribution in [3.8, 4) is 34.5 Å². The molecule has 0 bridgehead atoms. The molecule has 0 spiro atoms. The Balaban J connectivity index is 0.000000225. The maximum absolute atomic E-state index is 5.74. The van der Waals surface area contributed by atoms with Crippen molar-refractivity contribution in [2.24, 2.45) is 0 Å². The van der Waals surface area contributed by atoms with Crippen molar-refractivity contribution in [3.05, 3.63) is 144 Å². The molecule has 0 heterocycles. The van der Waals surface area contributed by atoms with E-state index in [4.69, 9.17) is 18.9 Å². The van der Waals surface area contributed by atoms with Crippen molar-refractivity contribution in [1.82, 2.24) is 0 Å². The third kappa shape index (κ3) is 11.8. The normalized spacial score (nSPS) is 9.51. The van der Waals surface area contributed by atoms with Gasteiger partial charge in [-0.2, -0.15) is 53.6 Å². The maximum atomic E-state index is 5.74. The Morgan fingerprint density at radius 1 is 0.439 bits per heavy atom. The zero-order valence-electron chi connectivity index (χ0n) is 24.6. The van der Waals surface area contributed by atoms with Crippen LogP contribution in [0.1, 0.15) is 22.3 Å². The Morgan fingerprint density at radius 3 is 1.27 bits per heavy atom. The van der Waals surface area contributed by atoms with Gasteiger partial charge in [-0.05, 0) is 67.6 Å². The van der Waals surface area contributed by atoms with Crippen molar-refractivity contribution in [1.29, 1.82) is 0 Å². The molecule has 5 aromatic rings. The molecular weight excluding hydrogens is 585 g/mol. The van der Waals surface area contributed by atoms with Gasteiger partial charge in [0.1, 0.15) is 28.7 Å². The fraction of sp³-hybridized carbons (Fsp3) is 0.167. The van der Waals surface area contributed by atoms with Gasteiger partial charge in [-0.15, -0.1) is 11.6 Å². The van der Waals surface area contributed by atoms with Crippen molar-refractivity contribution < 1.29 is 51.7 Å². The summed E-state index contributed by atoms with van der Waals surface area (Å²) in [6.07, 6.45) is 0. The molecule has 0 aromatic heterocycles. The van der Waals surface area contributed by atoms with E-state index in [-0.39, 0.29) is 32.7 Å². The molecule has 0 fully saturated rings. The van der Waals surface area contributed by atoms with E-state index >= 15 is 0 Å². The first kappa shape index (κ1) is 33.6. The van der Waals surface area contributed by atoms with Crippen LogP contribution in [0.25, 0.3) is 0 Å². The second-order valence-electron chi connectivity index (χ2n) is 9.07. The van der Waals surface area contributed by atoms with E-state index in [0.29, 0.717) is 0 Å². The van der Waals surface area contributed by atoms with Crippen molar-refractivity contribution >= 4 is 0 Å². The smallest absolute Gasteiger partial charge is 0.127 e. The predicted molar refractivity (Wildman–Crippen MR) is 162 cm³/mol. The van der Waals surface area contributed by atoms with Gasteiger partial charge in [0.05, 0.1) is 14.2 Å². The van der Waals surface area contributed by atoms with Gasteiger partial charge >= 0.3 is 0 Å². The number of aryl methyl sites for hydroxylation is 4. The first-order valence-corrected chi connectivity index (χ1v) is 13.0. The van der Waals surface area contributed by atoms with Gasteiger partial charge in [0, 0.05) is 38.5 Å². The Bertz CT molecular complexity index is 1360. The summed E-state index contributed by atoms with van der Waals surface area (Å²) in [6, 6.07) is 40.6. The minimum atomic E-state index is 0. The van der Waals surface area contributed by atoms with Gasteiger partial charge in [0.25, 0.3) is 0 Å². The van der Waals surface area contributed by atoms with Crippen LogP contribution in [0.15, 0.2) is 109 Å². The minimum Gasteiger partial charge on any atom is -0.497 e. The van der Waals surface area contributed by atoms with Crippen molar-refractivity contribution in [3.63, 3.8) is 0 Å². The average Bonchev–Trinajstić information content (AvgIpc) is 2.98. The Hall–Kier alpha value is -3.60. The molecule has 0 atom stereocenters. The van der Waals surface area contributed by atoms with Crippen LogP contribution in [0.3, 0.4) is 0 Å². The molecule has 0 N–H and O–H groups in total. The van der Waals surface area contributed by atoms with E-state index in [2.05, 4.69) is 39.0 Å². The number of methoxy groups -OCH3 is 2. The summed E-state index contributed by atoms with van der Waals surface area (Å²) >= 11 is 0. The van der Waals surface area contributed by atoms with Crippen LogP contribution >= 0.6 is 0 Å². The van der Waals surface area contributed by atoms with Crippen molar-refractivity contribution in [2.45, 2.75) is 27.7 Å². The molecule has 1 radical (unpaired) electrons. The topological polar surface area (TPSA) is 36.9 Å². The maximum Gasteiger partial charge on any atom is 0.127 e. The fourth-order valence-corrected chi connectivity index (χ4v) is 3.36. The van der Waals surface area contributed by atoms with Crippen molar-refractivity contribution in [2.75, 3.05) is 14.2 Å². The third-order valence-electron chi connectivity index (χ3n) is 5.97. The van der Waals surface area contributed by atoms with E-state index in [9.17, 15) is 0 Å². The van der Waals surface area contributed by atoms with Gasteiger partial charge in [-0.3, -0.25) is 0 Å². The SMILES string of the molecule is COc1ccc(Oc2ccc(OC)cc2)cc1.Cc1c[c-]ccc1C.Cc1ccc(Oc2cc[c-]cc2C)cc1.[Y]. The molecule has 41 heavy (non-hydrogen) atoms. The largest absolute Gasteiger partial charge is 0.497 e. The monoisotopic (exact) mass is 621 g/mol. The average molecular weight is 622 g/mol. The van der Waals surface area contributed by atoms with E-state index < -0.39 is 0 Å². The number of hydrogen-bond acceptors (Lipinski definition) is 4. The summed E-state index contributed by atoms with van der Waals surface area (Å²) < 4.78 is 21.6.